The highest BCUT2D eigenvalue weighted by Crippen LogP contribution is 2.08. The molecule has 0 N–H and O–H groups in total. The van der Waals surface area contributed by atoms with Crippen molar-refractivity contribution >= 4 is 20.9 Å². The van der Waals surface area contributed by atoms with Crippen LogP contribution in [0.3, 0.4) is 0 Å². The molecule has 0 aliphatic carbocycles. The normalized spacial score (nSPS) is 10.1. The highest BCUT2D eigenvalue weighted by atomic mass is 28.3. The van der Waals surface area contributed by atoms with Crippen molar-refractivity contribution in [3.05, 3.63) is 12.7 Å². The van der Waals surface area contributed by atoms with Gasteiger partial charge in [0, 0.05) is 26.9 Å². The molecule has 92 valence electrons. The van der Waals surface area contributed by atoms with Crippen LogP contribution >= 0.6 is 0 Å². The van der Waals surface area contributed by atoms with Gasteiger partial charge in [0.2, 0.25) is 11.8 Å². The van der Waals surface area contributed by atoms with E-state index in [1.54, 1.807) is 19.9 Å². The van der Waals surface area contributed by atoms with Gasteiger partial charge in [0.05, 0.1) is 0 Å². The molecule has 5 heteroatoms. The van der Waals surface area contributed by atoms with Crippen LogP contribution in [0.5, 0.6) is 0 Å². The third-order valence-corrected chi connectivity index (χ3v) is 6.24. The van der Waals surface area contributed by atoms with Crippen molar-refractivity contribution in [2.75, 3.05) is 13.1 Å². The molecule has 0 aliphatic heterocycles. The van der Waals surface area contributed by atoms with E-state index in [4.69, 9.17) is 0 Å². The Bertz CT molecular complexity index is 247. The first-order valence-corrected chi connectivity index (χ1v) is 7.49. The van der Waals surface area contributed by atoms with Crippen LogP contribution in [0.25, 0.3) is 0 Å². The predicted molar refractivity (Wildman–Crippen MR) is 68.3 cm³/mol. The topological polar surface area (TPSA) is 40.6 Å². The first-order valence-electron chi connectivity index (χ1n) is 5.64. The van der Waals surface area contributed by atoms with E-state index in [1.165, 1.54) is 0 Å². The van der Waals surface area contributed by atoms with Crippen LogP contribution < -0.4 is 0 Å². The smallest absolute Gasteiger partial charge is 0.255 e. The van der Waals surface area contributed by atoms with E-state index in [0.717, 1.165) is 6.04 Å². The van der Waals surface area contributed by atoms with Crippen LogP contribution in [0, 0.1) is 0 Å². The summed E-state index contributed by atoms with van der Waals surface area (Å²) in [7, 11) is -1.73. The van der Waals surface area contributed by atoms with Crippen molar-refractivity contribution < 1.29 is 9.59 Å². The van der Waals surface area contributed by atoms with Crippen LogP contribution in [0.4, 0.5) is 0 Å². The second-order valence-electron chi connectivity index (χ2n) is 3.62. The zero-order valence-electron chi connectivity index (χ0n) is 10.7. The Hall–Kier alpha value is -1.10. The van der Waals surface area contributed by atoms with Gasteiger partial charge < -0.3 is 9.13 Å². The fourth-order valence-corrected chi connectivity index (χ4v) is 4.68. The van der Waals surface area contributed by atoms with E-state index in [0.29, 0.717) is 13.1 Å². The number of nitrogens with zero attached hydrogens (tertiary/aromatic N) is 2. The van der Waals surface area contributed by atoms with Crippen LogP contribution in [0.1, 0.15) is 27.7 Å². The third kappa shape index (κ3) is 3.81. The van der Waals surface area contributed by atoms with Crippen molar-refractivity contribution in [1.82, 2.24) is 9.13 Å². The van der Waals surface area contributed by atoms with Crippen LogP contribution in [-0.2, 0) is 9.59 Å². The van der Waals surface area contributed by atoms with Gasteiger partial charge in [0.25, 0.3) is 9.12 Å². The molecule has 0 atom stereocenters. The molecule has 0 aliphatic rings. The maximum absolute atomic E-state index is 11.5. The van der Waals surface area contributed by atoms with Crippen molar-refractivity contribution in [1.29, 1.82) is 0 Å². The molecule has 0 spiro atoms. The van der Waals surface area contributed by atoms with E-state index < -0.39 is 9.12 Å². The molecule has 0 aromatic rings. The molecule has 4 nitrogen and oxygen atoms in total. The Morgan fingerprint density at radius 1 is 1.12 bits per heavy atom. The van der Waals surface area contributed by atoms with Gasteiger partial charge in [0.1, 0.15) is 0 Å². The summed E-state index contributed by atoms with van der Waals surface area (Å²) in [5.41, 5.74) is 0. The third-order valence-electron chi connectivity index (χ3n) is 2.59. The molecular weight excluding hydrogens is 220 g/mol. The van der Waals surface area contributed by atoms with Gasteiger partial charge in [-0.25, -0.2) is 0 Å². The monoisotopic (exact) mass is 242 g/mol. The van der Waals surface area contributed by atoms with Gasteiger partial charge in [-0.15, -0.1) is 6.58 Å². The Morgan fingerprint density at radius 2 is 1.50 bits per heavy atom. The average molecular weight is 242 g/mol. The Morgan fingerprint density at radius 3 is 1.69 bits per heavy atom. The minimum absolute atomic E-state index is 0.0423. The predicted octanol–water partition coefficient (Wildman–Crippen LogP) is 1.13. The maximum Gasteiger partial charge on any atom is 0.255 e. The summed E-state index contributed by atoms with van der Waals surface area (Å²) in [4.78, 5) is 23.0. The minimum Gasteiger partial charge on any atom is -0.354 e. The largest absolute Gasteiger partial charge is 0.354 e. The number of hydrogen-bond donors (Lipinski definition) is 0. The first kappa shape index (κ1) is 14.9. The summed E-state index contributed by atoms with van der Waals surface area (Å²) < 4.78 is 3.65. The lowest BCUT2D eigenvalue weighted by Crippen LogP contribution is -2.55. The quantitative estimate of drug-likeness (QED) is 0.517. The molecule has 0 aromatic carbocycles. The Kier molecular flexibility index (Phi) is 6.72. The summed E-state index contributed by atoms with van der Waals surface area (Å²) in [5, 5.41) is 0. The first-order chi connectivity index (χ1) is 7.49. The number of allylic oxidation sites excluding steroid dienone is 1. The van der Waals surface area contributed by atoms with E-state index in [1.807, 2.05) is 23.0 Å². The molecule has 0 fully saturated rings. The van der Waals surface area contributed by atoms with E-state index in [2.05, 4.69) is 6.58 Å². The number of amides is 2. The van der Waals surface area contributed by atoms with Gasteiger partial charge in [0.15, 0.2) is 0 Å². The van der Waals surface area contributed by atoms with Gasteiger partial charge in [-0.1, -0.05) is 6.08 Å². The summed E-state index contributed by atoms with van der Waals surface area (Å²) in [6.45, 7) is 12.0. The minimum atomic E-state index is -1.73. The molecular formula is C11H22N2O2Si. The number of rotatable bonds is 6. The van der Waals surface area contributed by atoms with Crippen molar-refractivity contribution in [3.63, 3.8) is 0 Å². The molecule has 0 aromatic heterocycles. The Labute approximate surface area is 99.7 Å². The van der Waals surface area contributed by atoms with E-state index >= 15 is 0 Å². The van der Waals surface area contributed by atoms with Gasteiger partial charge >= 0.3 is 0 Å². The van der Waals surface area contributed by atoms with Crippen LogP contribution in [-0.4, -0.2) is 43.2 Å². The molecule has 0 rings (SSSR count). The molecule has 0 bridgehead atoms. The number of hydrogen-bond acceptors (Lipinski definition) is 2. The Balaban J connectivity index is 5.00. The second kappa shape index (κ2) is 7.22. The summed E-state index contributed by atoms with van der Waals surface area (Å²) in [6, 6.07) is 0.737. The number of carbonyl (C=O) groups excluding carboxylic acids is 2. The zero-order valence-corrected chi connectivity index (χ0v) is 11.8. The van der Waals surface area contributed by atoms with E-state index in [-0.39, 0.29) is 11.8 Å². The SMILES string of the molecule is C=CC[SiH](N(CC)C(C)=O)N(CC)C(C)=O. The lowest BCUT2D eigenvalue weighted by molar-refractivity contribution is -0.126. The average Bonchev–Trinajstić information content (AvgIpc) is 2.18. The lowest BCUT2D eigenvalue weighted by atomic mass is 10.6. The van der Waals surface area contributed by atoms with Gasteiger partial charge in [-0.05, 0) is 19.9 Å². The van der Waals surface area contributed by atoms with Crippen molar-refractivity contribution in [2.24, 2.45) is 0 Å². The highest BCUT2D eigenvalue weighted by molar-refractivity contribution is 6.58. The molecule has 0 radical (unpaired) electrons. The fraction of sp³-hybridized carbons (Fsp3) is 0.636. The van der Waals surface area contributed by atoms with Crippen LogP contribution in [0.2, 0.25) is 6.04 Å². The fourth-order valence-electron chi connectivity index (χ4n) is 1.86. The molecule has 16 heavy (non-hydrogen) atoms. The van der Waals surface area contributed by atoms with Gasteiger partial charge in [-0.2, -0.15) is 0 Å². The summed E-state index contributed by atoms with van der Waals surface area (Å²) >= 11 is 0. The molecule has 2 amide bonds. The summed E-state index contributed by atoms with van der Waals surface area (Å²) in [5.74, 6) is 0.0847. The van der Waals surface area contributed by atoms with Crippen LogP contribution in [0.15, 0.2) is 12.7 Å². The lowest BCUT2D eigenvalue weighted by Gasteiger charge is -2.36. The van der Waals surface area contributed by atoms with E-state index in [9.17, 15) is 9.59 Å². The zero-order chi connectivity index (χ0) is 12.7. The highest BCUT2D eigenvalue weighted by Gasteiger charge is 2.28. The molecule has 0 saturated heterocycles. The standard InChI is InChI=1S/C11H22N2O2Si/c1-6-9-16(12(7-2)10(4)14)13(8-3)11(5)15/h6,16H,1,7-9H2,2-5H3. The molecule has 0 unspecified atom stereocenters. The molecule has 0 saturated carbocycles. The summed E-state index contributed by atoms with van der Waals surface area (Å²) in [6.07, 6.45) is 1.80. The molecule has 0 heterocycles. The second-order valence-corrected chi connectivity index (χ2v) is 6.29. The van der Waals surface area contributed by atoms with Crippen molar-refractivity contribution in [2.45, 2.75) is 33.7 Å². The van der Waals surface area contributed by atoms with Gasteiger partial charge in [-0.3, -0.25) is 9.59 Å². The maximum atomic E-state index is 11.5. The number of carbonyl (C=O) groups is 2. The van der Waals surface area contributed by atoms with Crippen molar-refractivity contribution in [3.8, 4) is 0 Å².